The van der Waals surface area contributed by atoms with Gasteiger partial charge in [0.25, 0.3) is 15.7 Å². The van der Waals surface area contributed by atoms with E-state index in [1.165, 1.54) is 6.20 Å². The van der Waals surface area contributed by atoms with E-state index in [0.717, 1.165) is 34.1 Å². The van der Waals surface area contributed by atoms with Crippen LogP contribution in [0.5, 0.6) is 0 Å². The van der Waals surface area contributed by atoms with Crippen molar-refractivity contribution in [3.05, 3.63) is 112 Å². The number of benzene rings is 3. The van der Waals surface area contributed by atoms with Gasteiger partial charge in [-0.3, -0.25) is 14.4 Å². The Morgan fingerprint density at radius 2 is 1.50 bits per heavy atom. The van der Waals surface area contributed by atoms with Gasteiger partial charge in [0, 0.05) is 24.1 Å². The van der Waals surface area contributed by atoms with Gasteiger partial charge >= 0.3 is 5.97 Å². The summed E-state index contributed by atoms with van der Waals surface area (Å²) >= 11 is 0. The van der Waals surface area contributed by atoms with Crippen molar-refractivity contribution in [2.75, 3.05) is 0 Å². The number of ether oxygens (including phenoxy) is 1. The van der Waals surface area contributed by atoms with Gasteiger partial charge < -0.3 is 4.74 Å². The minimum atomic E-state index is -4.21. The monoisotopic (exact) mass is 450 g/mol. The van der Waals surface area contributed by atoms with Crippen molar-refractivity contribution in [2.24, 2.45) is 0 Å². The highest BCUT2D eigenvalue weighted by Gasteiger charge is 2.39. The molecule has 3 aromatic rings. The zero-order valence-corrected chi connectivity index (χ0v) is 17.5. The van der Waals surface area contributed by atoms with Crippen LogP contribution in [-0.4, -0.2) is 29.7 Å². The molecule has 9 heteroatoms. The van der Waals surface area contributed by atoms with Crippen molar-refractivity contribution in [1.29, 1.82) is 0 Å². The summed E-state index contributed by atoms with van der Waals surface area (Å²) in [4.78, 5) is 23.1. The summed E-state index contributed by atoms with van der Waals surface area (Å²) in [6.07, 6.45) is 1.39. The molecule has 0 amide bonds. The molecule has 8 nitrogen and oxygen atoms in total. The summed E-state index contributed by atoms with van der Waals surface area (Å²) in [6, 6.07) is 21.1. The van der Waals surface area contributed by atoms with E-state index in [-0.39, 0.29) is 22.8 Å². The fourth-order valence-corrected chi connectivity index (χ4v) is 4.81. The normalized spacial score (nSPS) is 16.2. The van der Waals surface area contributed by atoms with Crippen LogP contribution < -0.4 is 0 Å². The Kier molecular flexibility index (Phi) is 5.74. The van der Waals surface area contributed by atoms with Gasteiger partial charge in [0.2, 0.25) is 0 Å². The van der Waals surface area contributed by atoms with Crippen molar-refractivity contribution < 1.29 is 22.9 Å². The molecule has 0 fully saturated rings. The number of nitro groups is 1. The van der Waals surface area contributed by atoms with Crippen molar-refractivity contribution in [1.82, 2.24) is 4.31 Å². The lowest BCUT2D eigenvalue weighted by Gasteiger charge is -2.33. The van der Waals surface area contributed by atoms with Gasteiger partial charge in [0.15, 0.2) is 5.76 Å². The van der Waals surface area contributed by atoms with Crippen LogP contribution in [0.2, 0.25) is 0 Å². The molecule has 1 aliphatic heterocycles. The smallest absolute Gasteiger partial charge is 0.335 e. The third-order valence-corrected chi connectivity index (χ3v) is 6.77. The molecule has 32 heavy (non-hydrogen) atoms. The average Bonchev–Trinajstić information content (AvgIpc) is 2.81. The van der Waals surface area contributed by atoms with Crippen molar-refractivity contribution in [3.63, 3.8) is 0 Å². The second-order valence-corrected chi connectivity index (χ2v) is 8.92. The van der Waals surface area contributed by atoms with E-state index in [0.29, 0.717) is 5.56 Å². The molecular formula is C23H18N2O6S. The number of hydrogen-bond acceptors (Lipinski definition) is 6. The topological polar surface area (TPSA) is 107 Å². The van der Waals surface area contributed by atoms with E-state index in [2.05, 4.69) is 0 Å². The maximum atomic E-state index is 13.5. The third kappa shape index (κ3) is 4.23. The molecule has 4 rings (SSSR count). The van der Waals surface area contributed by atoms with Crippen LogP contribution in [-0.2, 0) is 26.0 Å². The van der Waals surface area contributed by atoms with Gasteiger partial charge in [0.05, 0.1) is 16.0 Å². The first-order valence-corrected chi connectivity index (χ1v) is 11.1. The second-order valence-electron chi connectivity index (χ2n) is 7.07. The van der Waals surface area contributed by atoms with E-state index in [4.69, 9.17) is 4.74 Å². The molecule has 0 saturated heterocycles. The zero-order valence-electron chi connectivity index (χ0n) is 16.7. The van der Waals surface area contributed by atoms with Crippen molar-refractivity contribution in [3.8, 4) is 0 Å². The van der Waals surface area contributed by atoms with Gasteiger partial charge in [-0.2, -0.15) is 0 Å². The van der Waals surface area contributed by atoms with Crippen LogP contribution in [0, 0.1) is 10.1 Å². The van der Waals surface area contributed by atoms with Crippen molar-refractivity contribution in [2.45, 2.75) is 17.4 Å². The van der Waals surface area contributed by atoms with Gasteiger partial charge in [-0.05, 0) is 17.7 Å². The fourth-order valence-electron chi connectivity index (χ4n) is 3.36. The van der Waals surface area contributed by atoms with Crippen LogP contribution in [0.25, 0.3) is 5.76 Å². The van der Waals surface area contributed by atoms with Crippen molar-refractivity contribution >= 4 is 27.4 Å². The number of nitrogens with zero attached hydrogens (tertiary/aromatic N) is 2. The Hall–Kier alpha value is -3.98. The lowest BCUT2D eigenvalue weighted by molar-refractivity contribution is -0.384. The first-order valence-electron chi connectivity index (χ1n) is 9.67. The first-order chi connectivity index (χ1) is 15.4. The first kappa shape index (κ1) is 21.3. The van der Waals surface area contributed by atoms with Crippen LogP contribution in [0.1, 0.15) is 11.1 Å². The summed E-state index contributed by atoms with van der Waals surface area (Å²) in [7, 11) is -4.21. The van der Waals surface area contributed by atoms with E-state index in [1.807, 2.05) is 6.07 Å². The minimum Gasteiger partial charge on any atom is -0.423 e. The molecule has 0 unspecified atom stereocenters. The number of carbonyl (C=O) groups is 1. The standard InChI is InChI=1S/C23H18N2O6S/c26-23-21(15-17-7-3-1-4-8-17)24(16-22(31-23)18-9-5-2-6-10-18)32(29,30)20-13-11-19(12-14-20)25(27)28/h1-14,16,21H,15H2/t21-/m1/s1. The van der Waals surface area contributed by atoms with Crippen LogP contribution in [0.4, 0.5) is 5.69 Å². The van der Waals surface area contributed by atoms with Crippen LogP contribution in [0.3, 0.4) is 0 Å². The quantitative estimate of drug-likeness (QED) is 0.322. The van der Waals surface area contributed by atoms with Gasteiger partial charge in [-0.15, -0.1) is 0 Å². The van der Waals surface area contributed by atoms with E-state index in [1.54, 1.807) is 54.6 Å². The molecule has 1 aliphatic rings. The highest BCUT2D eigenvalue weighted by atomic mass is 32.2. The maximum Gasteiger partial charge on any atom is 0.335 e. The molecule has 0 saturated carbocycles. The number of cyclic esters (lactones) is 1. The molecule has 0 radical (unpaired) electrons. The Balaban J connectivity index is 1.79. The van der Waals surface area contributed by atoms with Gasteiger partial charge in [-0.25, -0.2) is 13.2 Å². The van der Waals surface area contributed by atoms with E-state index in [9.17, 15) is 23.3 Å². The number of sulfonamides is 1. The molecular weight excluding hydrogens is 432 g/mol. The number of nitro benzene ring substituents is 1. The predicted molar refractivity (Wildman–Crippen MR) is 117 cm³/mol. The Labute approximate surface area is 184 Å². The van der Waals surface area contributed by atoms with Crippen LogP contribution in [0.15, 0.2) is 96.0 Å². The van der Waals surface area contributed by atoms with Gasteiger partial charge in [0.1, 0.15) is 6.04 Å². The maximum absolute atomic E-state index is 13.5. The Bertz CT molecular complexity index is 1270. The molecule has 3 aromatic carbocycles. The largest absolute Gasteiger partial charge is 0.423 e. The molecule has 0 aromatic heterocycles. The number of non-ortho nitro benzene ring substituents is 1. The fraction of sp³-hybridized carbons (Fsp3) is 0.0870. The summed E-state index contributed by atoms with van der Waals surface area (Å²) in [5, 5.41) is 10.9. The predicted octanol–water partition coefficient (Wildman–Crippen LogP) is 3.75. The molecule has 162 valence electrons. The minimum absolute atomic E-state index is 0.102. The second kappa shape index (κ2) is 8.64. The summed E-state index contributed by atoms with van der Waals surface area (Å²) in [6.45, 7) is 0. The molecule has 0 bridgehead atoms. The zero-order chi connectivity index (χ0) is 22.7. The highest BCUT2D eigenvalue weighted by Crippen LogP contribution is 2.31. The Morgan fingerprint density at radius 1 is 0.906 bits per heavy atom. The number of rotatable bonds is 6. The molecule has 1 heterocycles. The van der Waals surface area contributed by atoms with E-state index >= 15 is 0 Å². The highest BCUT2D eigenvalue weighted by molar-refractivity contribution is 7.89. The number of carbonyl (C=O) groups excluding carboxylic acids is 1. The summed E-state index contributed by atoms with van der Waals surface area (Å²) < 4.78 is 33.5. The lowest BCUT2D eigenvalue weighted by atomic mass is 10.1. The SMILES string of the molecule is O=C1OC(c2ccccc2)=CN(S(=O)(=O)c2ccc([N+](=O)[O-])cc2)[C@@H]1Cc1ccccc1. The summed E-state index contributed by atoms with van der Waals surface area (Å²) in [5.41, 5.74) is 1.07. The Morgan fingerprint density at radius 3 is 2.09 bits per heavy atom. The average molecular weight is 450 g/mol. The molecule has 0 spiro atoms. The molecule has 0 N–H and O–H groups in total. The van der Waals surface area contributed by atoms with Gasteiger partial charge in [-0.1, -0.05) is 60.7 Å². The third-order valence-electron chi connectivity index (χ3n) is 4.99. The van der Waals surface area contributed by atoms with E-state index < -0.39 is 27.0 Å². The van der Waals surface area contributed by atoms with Crippen LogP contribution >= 0.6 is 0 Å². The summed E-state index contributed by atoms with van der Waals surface area (Å²) in [5.74, 6) is -0.605. The number of hydrogen-bond donors (Lipinski definition) is 0. The molecule has 0 aliphatic carbocycles. The lowest BCUT2D eigenvalue weighted by Crippen LogP contribution is -2.46. The molecule has 1 atom stereocenters. The number of esters is 1.